The highest BCUT2D eigenvalue weighted by Crippen LogP contribution is 2.45. The largest absolute Gasteiger partial charge is 0.456 e. The Kier molecular flexibility index (Phi) is 7.89. The van der Waals surface area contributed by atoms with Gasteiger partial charge in [0.05, 0.1) is 5.69 Å². The predicted octanol–water partition coefficient (Wildman–Crippen LogP) is 16.7. The summed E-state index contributed by atoms with van der Waals surface area (Å²) in [5, 5.41) is 12.3. The molecule has 280 valence electrons. The van der Waals surface area contributed by atoms with Crippen molar-refractivity contribution in [1.29, 1.82) is 0 Å². The molecule has 60 heavy (non-hydrogen) atoms. The Balaban J connectivity index is 1.04. The fourth-order valence-electron chi connectivity index (χ4n) is 9.41. The van der Waals surface area contributed by atoms with E-state index in [1.165, 1.54) is 54.2 Å². The molecule has 1 heterocycles. The van der Waals surface area contributed by atoms with Crippen molar-refractivity contribution in [2.45, 2.75) is 0 Å². The van der Waals surface area contributed by atoms with E-state index in [1.54, 1.807) is 0 Å². The van der Waals surface area contributed by atoms with Crippen molar-refractivity contribution in [1.82, 2.24) is 0 Å². The van der Waals surface area contributed by atoms with Crippen LogP contribution >= 0.6 is 0 Å². The number of furan rings is 1. The second kappa shape index (κ2) is 13.9. The standard InChI is InChI=1S/C58H37NO/c1-2-17-45-39(13-1)14-12-24-46(45)41-15-11-16-42(35-41)47-18-7-9-25-56(47)59(44-32-33-52-50-21-4-3-19-48(50)49-20-5-6-22-51(49)54(52)37-44)43-30-27-38(28-31-43)40-29-34-58-55(36-40)53-23-8-10-26-57(53)60-58/h1-37H. The Morgan fingerprint density at radius 3 is 1.58 bits per heavy atom. The smallest absolute Gasteiger partial charge is 0.135 e. The Hall–Kier alpha value is -7.94. The number of hydrogen-bond acceptors (Lipinski definition) is 2. The van der Waals surface area contributed by atoms with Crippen LogP contribution in [0, 0.1) is 0 Å². The van der Waals surface area contributed by atoms with E-state index >= 15 is 0 Å². The van der Waals surface area contributed by atoms with Gasteiger partial charge in [-0.3, -0.25) is 0 Å². The third-order valence-corrected chi connectivity index (χ3v) is 12.2. The van der Waals surface area contributed by atoms with Crippen LogP contribution in [0.4, 0.5) is 17.1 Å². The molecule has 1 aromatic heterocycles. The van der Waals surface area contributed by atoms with Crippen LogP contribution in [0.5, 0.6) is 0 Å². The predicted molar refractivity (Wildman–Crippen MR) is 255 cm³/mol. The first kappa shape index (κ1) is 34.1. The number of para-hydroxylation sites is 2. The fraction of sp³-hybridized carbons (Fsp3) is 0. The lowest BCUT2D eigenvalue weighted by molar-refractivity contribution is 0.669. The first-order chi connectivity index (χ1) is 29.7. The molecule has 0 saturated carbocycles. The van der Waals surface area contributed by atoms with Crippen molar-refractivity contribution < 1.29 is 4.42 Å². The van der Waals surface area contributed by atoms with Crippen molar-refractivity contribution in [2.75, 3.05) is 4.90 Å². The van der Waals surface area contributed by atoms with Crippen LogP contribution in [0.2, 0.25) is 0 Å². The average Bonchev–Trinajstić information content (AvgIpc) is 3.70. The molecule has 0 unspecified atom stereocenters. The molecule has 11 aromatic carbocycles. The molecular weight excluding hydrogens is 727 g/mol. The van der Waals surface area contributed by atoms with Gasteiger partial charge in [0, 0.05) is 27.7 Å². The SMILES string of the molecule is c1cc(-c2ccccc2N(c2ccc(-c3ccc4oc5ccccc5c4c3)cc2)c2ccc3c4ccccc4c4ccccc4c3c2)cc(-c2cccc3ccccc23)c1. The second-order valence-corrected chi connectivity index (χ2v) is 15.6. The molecule has 0 N–H and O–H groups in total. The highest BCUT2D eigenvalue weighted by atomic mass is 16.3. The van der Waals surface area contributed by atoms with Gasteiger partial charge in [-0.25, -0.2) is 0 Å². The van der Waals surface area contributed by atoms with E-state index in [1.807, 2.05) is 12.1 Å². The Morgan fingerprint density at radius 2 is 0.800 bits per heavy atom. The number of benzene rings is 11. The Morgan fingerprint density at radius 1 is 0.267 bits per heavy atom. The summed E-state index contributed by atoms with van der Waals surface area (Å²) in [6.07, 6.45) is 0. The van der Waals surface area contributed by atoms with Crippen LogP contribution in [0.25, 0.3) is 98.4 Å². The van der Waals surface area contributed by atoms with Gasteiger partial charge >= 0.3 is 0 Å². The van der Waals surface area contributed by atoms with Crippen LogP contribution in [0.3, 0.4) is 0 Å². The molecule has 0 aliphatic carbocycles. The van der Waals surface area contributed by atoms with Crippen LogP contribution < -0.4 is 4.90 Å². The number of anilines is 3. The normalized spacial score (nSPS) is 11.7. The van der Waals surface area contributed by atoms with Gasteiger partial charge < -0.3 is 9.32 Å². The lowest BCUT2D eigenvalue weighted by Gasteiger charge is -2.29. The van der Waals surface area contributed by atoms with Crippen LogP contribution in [-0.2, 0) is 0 Å². The molecule has 2 heteroatoms. The van der Waals surface area contributed by atoms with Crippen molar-refractivity contribution in [3.8, 4) is 33.4 Å². The van der Waals surface area contributed by atoms with Gasteiger partial charge in [0.1, 0.15) is 11.2 Å². The molecule has 0 spiro atoms. The highest BCUT2D eigenvalue weighted by molar-refractivity contribution is 6.26. The molecular formula is C58H37NO. The first-order valence-corrected chi connectivity index (χ1v) is 20.6. The first-order valence-electron chi connectivity index (χ1n) is 20.6. The summed E-state index contributed by atoms with van der Waals surface area (Å²) in [6.45, 7) is 0. The molecule has 0 aliphatic rings. The van der Waals surface area contributed by atoms with Crippen molar-refractivity contribution >= 4 is 82.1 Å². The monoisotopic (exact) mass is 763 g/mol. The minimum Gasteiger partial charge on any atom is -0.456 e. The third kappa shape index (κ3) is 5.57. The lowest BCUT2D eigenvalue weighted by atomic mass is 9.93. The summed E-state index contributed by atoms with van der Waals surface area (Å²) in [5.74, 6) is 0. The quantitative estimate of drug-likeness (QED) is 0.157. The minimum atomic E-state index is 0.903. The van der Waals surface area contributed by atoms with Gasteiger partial charge in [0.25, 0.3) is 0 Å². The molecule has 0 amide bonds. The number of hydrogen-bond donors (Lipinski definition) is 0. The highest BCUT2D eigenvalue weighted by Gasteiger charge is 2.20. The van der Waals surface area contributed by atoms with E-state index in [9.17, 15) is 0 Å². The van der Waals surface area contributed by atoms with E-state index in [-0.39, 0.29) is 0 Å². The van der Waals surface area contributed by atoms with Gasteiger partial charge in [-0.05, 0) is 126 Å². The zero-order chi connectivity index (χ0) is 39.6. The second-order valence-electron chi connectivity index (χ2n) is 15.6. The minimum absolute atomic E-state index is 0.903. The number of rotatable bonds is 6. The third-order valence-electron chi connectivity index (χ3n) is 12.2. The Labute approximate surface area is 347 Å². The molecule has 12 rings (SSSR count). The van der Waals surface area contributed by atoms with E-state index < -0.39 is 0 Å². The molecule has 0 aliphatic heterocycles. The summed E-state index contributed by atoms with van der Waals surface area (Å²) in [4.78, 5) is 2.43. The summed E-state index contributed by atoms with van der Waals surface area (Å²) >= 11 is 0. The summed E-state index contributed by atoms with van der Waals surface area (Å²) in [5.41, 5.74) is 12.1. The number of nitrogens with zero attached hydrogens (tertiary/aromatic N) is 1. The van der Waals surface area contributed by atoms with Gasteiger partial charge in [-0.1, -0.05) is 170 Å². The summed E-state index contributed by atoms with van der Waals surface area (Å²) in [6, 6.07) is 81.5. The van der Waals surface area contributed by atoms with Crippen LogP contribution in [-0.4, -0.2) is 0 Å². The molecule has 0 saturated heterocycles. The molecule has 2 nitrogen and oxygen atoms in total. The fourth-order valence-corrected chi connectivity index (χ4v) is 9.41. The molecule has 0 atom stereocenters. The Bertz CT molecular complexity index is 3570. The average molecular weight is 764 g/mol. The lowest BCUT2D eigenvalue weighted by Crippen LogP contribution is -2.11. The molecule has 0 radical (unpaired) electrons. The molecule has 0 bridgehead atoms. The van der Waals surface area contributed by atoms with Gasteiger partial charge in [0.15, 0.2) is 0 Å². The van der Waals surface area contributed by atoms with Crippen molar-refractivity contribution in [3.05, 3.63) is 224 Å². The van der Waals surface area contributed by atoms with Crippen LogP contribution in [0.1, 0.15) is 0 Å². The summed E-state index contributed by atoms with van der Waals surface area (Å²) in [7, 11) is 0. The zero-order valence-electron chi connectivity index (χ0n) is 32.7. The van der Waals surface area contributed by atoms with Crippen LogP contribution in [0.15, 0.2) is 229 Å². The van der Waals surface area contributed by atoms with Gasteiger partial charge in [-0.2, -0.15) is 0 Å². The van der Waals surface area contributed by atoms with Gasteiger partial charge in [-0.15, -0.1) is 0 Å². The molecule has 12 aromatic rings. The topological polar surface area (TPSA) is 16.4 Å². The maximum Gasteiger partial charge on any atom is 0.135 e. The summed E-state index contributed by atoms with van der Waals surface area (Å²) < 4.78 is 6.17. The van der Waals surface area contributed by atoms with E-state index in [2.05, 4.69) is 217 Å². The van der Waals surface area contributed by atoms with Crippen molar-refractivity contribution in [2.24, 2.45) is 0 Å². The number of fused-ring (bicyclic) bond motifs is 10. The van der Waals surface area contributed by atoms with Crippen molar-refractivity contribution in [3.63, 3.8) is 0 Å². The zero-order valence-corrected chi connectivity index (χ0v) is 32.7. The maximum absolute atomic E-state index is 6.17. The maximum atomic E-state index is 6.17. The van der Waals surface area contributed by atoms with E-state index in [0.29, 0.717) is 0 Å². The molecule has 0 fully saturated rings. The van der Waals surface area contributed by atoms with E-state index in [0.717, 1.165) is 61.3 Å². The van der Waals surface area contributed by atoms with E-state index in [4.69, 9.17) is 4.42 Å². The van der Waals surface area contributed by atoms with Gasteiger partial charge in [0.2, 0.25) is 0 Å².